The van der Waals surface area contributed by atoms with E-state index in [1.165, 1.54) is 0 Å². The highest BCUT2D eigenvalue weighted by Gasteiger charge is 2.03. The van der Waals surface area contributed by atoms with Crippen molar-refractivity contribution in [1.82, 2.24) is 0 Å². The molecule has 0 bridgehead atoms. The van der Waals surface area contributed by atoms with Crippen molar-refractivity contribution in [3.05, 3.63) is 58.1 Å². The van der Waals surface area contributed by atoms with E-state index in [9.17, 15) is 0 Å². The fourth-order valence-electron chi connectivity index (χ4n) is 1.47. The summed E-state index contributed by atoms with van der Waals surface area (Å²) in [4.78, 5) is 0. The summed E-state index contributed by atoms with van der Waals surface area (Å²) in [6.07, 6.45) is 0. The molecule has 0 atom stereocenters. The lowest BCUT2D eigenvalue weighted by molar-refractivity contribution is 0.475. The lowest BCUT2D eigenvalue weighted by atomic mass is 10.2. The number of halogens is 1. The molecule has 0 amide bonds. The predicted octanol–water partition coefficient (Wildman–Crippen LogP) is 4.86. The van der Waals surface area contributed by atoms with Crippen LogP contribution >= 0.6 is 15.9 Å². The largest absolute Gasteiger partial charge is 0.457 e. The molecule has 0 heterocycles. The van der Waals surface area contributed by atoms with Crippen LogP contribution in [0.25, 0.3) is 0 Å². The molecule has 0 unspecified atom stereocenters. The van der Waals surface area contributed by atoms with Crippen LogP contribution in [0.1, 0.15) is 11.1 Å². The number of ether oxygens (including phenoxy) is 1. The van der Waals surface area contributed by atoms with E-state index in [1.54, 1.807) is 0 Å². The van der Waals surface area contributed by atoms with Crippen molar-refractivity contribution in [3.63, 3.8) is 0 Å². The topological polar surface area (TPSA) is 9.23 Å². The molecule has 2 aromatic carbocycles. The third-order valence-electron chi connectivity index (χ3n) is 2.46. The molecule has 0 saturated carbocycles. The smallest absolute Gasteiger partial charge is 0.131 e. The van der Waals surface area contributed by atoms with E-state index in [-0.39, 0.29) is 0 Å². The Balaban J connectivity index is 2.34. The summed E-state index contributed by atoms with van der Waals surface area (Å²) in [6.45, 7) is 4.09. The van der Waals surface area contributed by atoms with E-state index < -0.39 is 0 Å². The molecule has 2 aromatic rings. The van der Waals surface area contributed by atoms with Crippen LogP contribution in [-0.4, -0.2) is 0 Å². The van der Waals surface area contributed by atoms with Gasteiger partial charge in [-0.05, 0) is 43.2 Å². The van der Waals surface area contributed by atoms with Crippen molar-refractivity contribution in [2.75, 3.05) is 0 Å². The Morgan fingerprint density at radius 1 is 0.875 bits per heavy atom. The van der Waals surface area contributed by atoms with Gasteiger partial charge in [0, 0.05) is 4.47 Å². The molecule has 0 aliphatic carbocycles. The standard InChI is InChI=1S/C14H13BrO/c1-10-5-3-4-6-13(10)16-14-9-12(15)8-7-11(14)2/h3-9H,1-2H3. The van der Waals surface area contributed by atoms with Crippen molar-refractivity contribution in [1.29, 1.82) is 0 Å². The molecule has 0 N–H and O–H groups in total. The second kappa shape index (κ2) is 4.71. The SMILES string of the molecule is Cc1ccccc1Oc1cc(Br)ccc1C. The van der Waals surface area contributed by atoms with Gasteiger partial charge in [-0.3, -0.25) is 0 Å². The van der Waals surface area contributed by atoms with Crippen LogP contribution in [-0.2, 0) is 0 Å². The van der Waals surface area contributed by atoms with Crippen LogP contribution in [0.5, 0.6) is 11.5 Å². The molecule has 0 spiro atoms. The van der Waals surface area contributed by atoms with Crippen LogP contribution < -0.4 is 4.74 Å². The van der Waals surface area contributed by atoms with Gasteiger partial charge in [0.1, 0.15) is 11.5 Å². The molecule has 2 heteroatoms. The van der Waals surface area contributed by atoms with Crippen molar-refractivity contribution in [2.45, 2.75) is 13.8 Å². The predicted molar refractivity (Wildman–Crippen MR) is 70.1 cm³/mol. The summed E-state index contributed by atoms with van der Waals surface area (Å²) in [5.74, 6) is 1.80. The van der Waals surface area contributed by atoms with Gasteiger partial charge in [-0.25, -0.2) is 0 Å². The normalized spacial score (nSPS) is 10.2. The summed E-state index contributed by atoms with van der Waals surface area (Å²) in [6, 6.07) is 14.1. The van der Waals surface area contributed by atoms with Gasteiger partial charge in [0.2, 0.25) is 0 Å². The van der Waals surface area contributed by atoms with Crippen molar-refractivity contribution in [2.24, 2.45) is 0 Å². The van der Waals surface area contributed by atoms with E-state index >= 15 is 0 Å². The fourth-order valence-corrected chi connectivity index (χ4v) is 1.81. The van der Waals surface area contributed by atoms with Gasteiger partial charge < -0.3 is 4.74 Å². The Bertz CT molecular complexity index is 506. The van der Waals surface area contributed by atoms with Crippen LogP contribution in [0.3, 0.4) is 0 Å². The molecule has 0 radical (unpaired) electrons. The number of rotatable bonds is 2. The zero-order valence-electron chi connectivity index (χ0n) is 9.33. The molecule has 0 aliphatic heterocycles. The van der Waals surface area contributed by atoms with E-state index in [1.807, 2.05) is 56.3 Å². The number of para-hydroxylation sites is 1. The summed E-state index contributed by atoms with van der Waals surface area (Å²) >= 11 is 3.45. The summed E-state index contributed by atoms with van der Waals surface area (Å²) in [5, 5.41) is 0. The highest BCUT2D eigenvalue weighted by atomic mass is 79.9. The highest BCUT2D eigenvalue weighted by molar-refractivity contribution is 9.10. The minimum atomic E-state index is 0.892. The van der Waals surface area contributed by atoms with E-state index in [0.717, 1.165) is 27.1 Å². The first kappa shape index (κ1) is 11.2. The lowest BCUT2D eigenvalue weighted by Crippen LogP contribution is -1.89. The van der Waals surface area contributed by atoms with E-state index in [2.05, 4.69) is 15.9 Å². The van der Waals surface area contributed by atoms with Gasteiger partial charge in [0.05, 0.1) is 0 Å². The van der Waals surface area contributed by atoms with Crippen LogP contribution in [0.4, 0.5) is 0 Å². The van der Waals surface area contributed by atoms with Crippen LogP contribution in [0.15, 0.2) is 46.9 Å². The van der Waals surface area contributed by atoms with Gasteiger partial charge in [0.15, 0.2) is 0 Å². The minimum Gasteiger partial charge on any atom is -0.457 e. The molecule has 0 saturated heterocycles. The van der Waals surface area contributed by atoms with Gasteiger partial charge in [0.25, 0.3) is 0 Å². The first-order chi connectivity index (χ1) is 7.66. The maximum absolute atomic E-state index is 5.89. The minimum absolute atomic E-state index is 0.892. The number of benzene rings is 2. The molecule has 82 valence electrons. The Kier molecular flexibility index (Phi) is 3.30. The summed E-state index contributed by atoms with van der Waals surface area (Å²) < 4.78 is 6.92. The first-order valence-corrected chi connectivity index (χ1v) is 5.96. The summed E-state index contributed by atoms with van der Waals surface area (Å²) in [5.41, 5.74) is 2.27. The van der Waals surface area contributed by atoms with Crippen molar-refractivity contribution in [3.8, 4) is 11.5 Å². The molecule has 1 nitrogen and oxygen atoms in total. The van der Waals surface area contributed by atoms with Crippen molar-refractivity contribution >= 4 is 15.9 Å². The zero-order valence-corrected chi connectivity index (χ0v) is 10.9. The van der Waals surface area contributed by atoms with E-state index in [4.69, 9.17) is 4.74 Å². The van der Waals surface area contributed by atoms with Crippen LogP contribution in [0, 0.1) is 13.8 Å². The second-order valence-corrected chi connectivity index (χ2v) is 4.69. The molecule has 0 aliphatic rings. The molecule has 2 rings (SSSR count). The average molecular weight is 277 g/mol. The molecular formula is C14H13BrO. The summed E-state index contributed by atoms with van der Waals surface area (Å²) in [7, 11) is 0. The van der Waals surface area contributed by atoms with Crippen molar-refractivity contribution < 1.29 is 4.74 Å². The Labute approximate surface area is 104 Å². The zero-order chi connectivity index (χ0) is 11.5. The molecule has 0 fully saturated rings. The Morgan fingerprint density at radius 3 is 2.31 bits per heavy atom. The maximum atomic E-state index is 5.89. The second-order valence-electron chi connectivity index (χ2n) is 3.78. The van der Waals surface area contributed by atoms with Gasteiger partial charge in [-0.2, -0.15) is 0 Å². The van der Waals surface area contributed by atoms with Crippen LogP contribution in [0.2, 0.25) is 0 Å². The number of aryl methyl sites for hydroxylation is 2. The quantitative estimate of drug-likeness (QED) is 0.761. The number of hydrogen-bond acceptors (Lipinski definition) is 1. The lowest BCUT2D eigenvalue weighted by Gasteiger charge is -2.10. The fraction of sp³-hybridized carbons (Fsp3) is 0.143. The Hall–Kier alpha value is -1.28. The molecular weight excluding hydrogens is 264 g/mol. The van der Waals surface area contributed by atoms with Gasteiger partial charge in [-0.15, -0.1) is 0 Å². The van der Waals surface area contributed by atoms with Gasteiger partial charge >= 0.3 is 0 Å². The van der Waals surface area contributed by atoms with E-state index in [0.29, 0.717) is 0 Å². The van der Waals surface area contributed by atoms with Gasteiger partial charge in [-0.1, -0.05) is 40.2 Å². The third kappa shape index (κ3) is 2.45. The Morgan fingerprint density at radius 2 is 1.56 bits per heavy atom. The first-order valence-electron chi connectivity index (χ1n) is 5.16. The maximum Gasteiger partial charge on any atom is 0.131 e. The number of hydrogen-bond donors (Lipinski definition) is 0. The average Bonchev–Trinajstić information content (AvgIpc) is 2.27. The highest BCUT2D eigenvalue weighted by Crippen LogP contribution is 2.29. The monoisotopic (exact) mass is 276 g/mol. The molecule has 16 heavy (non-hydrogen) atoms. The molecule has 0 aromatic heterocycles. The third-order valence-corrected chi connectivity index (χ3v) is 2.96.